The molecule has 1 saturated heterocycles. The number of amides is 1. The molecule has 0 aromatic carbocycles. The van der Waals surface area contributed by atoms with Gasteiger partial charge < -0.3 is 10.4 Å². The Morgan fingerprint density at radius 1 is 1.37 bits per heavy atom. The van der Waals surface area contributed by atoms with Gasteiger partial charge in [-0.1, -0.05) is 12.8 Å². The van der Waals surface area contributed by atoms with Crippen molar-refractivity contribution in [2.75, 3.05) is 19.6 Å². The van der Waals surface area contributed by atoms with Gasteiger partial charge in [-0.3, -0.25) is 9.69 Å². The van der Waals surface area contributed by atoms with Crippen LogP contribution in [0.1, 0.15) is 52.9 Å². The van der Waals surface area contributed by atoms with E-state index in [4.69, 9.17) is 0 Å². The molecule has 110 valence electrons. The van der Waals surface area contributed by atoms with E-state index in [1.54, 1.807) is 0 Å². The zero-order valence-electron chi connectivity index (χ0n) is 12.5. The summed E-state index contributed by atoms with van der Waals surface area (Å²) in [5.41, 5.74) is -0.617. The average Bonchev–Trinajstić information content (AvgIpc) is 2.27. The van der Waals surface area contributed by atoms with E-state index in [0.717, 1.165) is 38.8 Å². The molecule has 19 heavy (non-hydrogen) atoms. The van der Waals surface area contributed by atoms with E-state index in [-0.39, 0.29) is 11.4 Å². The molecule has 1 aliphatic carbocycles. The van der Waals surface area contributed by atoms with Gasteiger partial charge in [0.25, 0.3) is 0 Å². The zero-order chi connectivity index (χ0) is 14.1. The molecule has 1 heterocycles. The van der Waals surface area contributed by atoms with E-state index in [1.165, 1.54) is 6.42 Å². The van der Waals surface area contributed by atoms with Crippen LogP contribution in [-0.2, 0) is 4.79 Å². The first kappa shape index (κ1) is 14.8. The molecule has 0 aromatic heterocycles. The summed E-state index contributed by atoms with van der Waals surface area (Å²) in [7, 11) is 0. The monoisotopic (exact) mass is 268 g/mol. The van der Waals surface area contributed by atoms with Crippen molar-refractivity contribution in [3.63, 3.8) is 0 Å². The molecule has 0 spiro atoms. The fraction of sp³-hybridized carbons (Fsp3) is 0.933. The SMILES string of the molecule is CC(C)(C)NC(=O)CN1CCC2(O)CCCCC2C1. The summed E-state index contributed by atoms with van der Waals surface area (Å²) in [4.78, 5) is 14.2. The molecule has 4 heteroatoms. The highest BCUT2D eigenvalue weighted by Crippen LogP contribution is 2.39. The van der Waals surface area contributed by atoms with Crippen LogP contribution in [-0.4, -0.2) is 46.7 Å². The lowest BCUT2D eigenvalue weighted by Crippen LogP contribution is -2.55. The lowest BCUT2D eigenvalue weighted by atomic mass is 9.71. The van der Waals surface area contributed by atoms with Crippen LogP contribution in [0.4, 0.5) is 0 Å². The molecule has 0 radical (unpaired) electrons. The van der Waals surface area contributed by atoms with Crippen molar-refractivity contribution in [2.45, 2.75) is 64.0 Å². The maximum atomic E-state index is 12.0. The average molecular weight is 268 g/mol. The second-order valence-corrected chi connectivity index (χ2v) is 7.33. The lowest BCUT2D eigenvalue weighted by molar-refractivity contribution is -0.128. The van der Waals surface area contributed by atoms with Crippen LogP contribution in [0.25, 0.3) is 0 Å². The van der Waals surface area contributed by atoms with Crippen LogP contribution >= 0.6 is 0 Å². The molecule has 4 nitrogen and oxygen atoms in total. The number of aliphatic hydroxyl groups is 1. The third-order valence-electron chi connectivity index (χ3n) is 4.39. The van der Waals surface area contributed by atoms with Crippen LogP contribution in [0.2, 0.25) is 0 Å². The summed E-state index contributed by atoms with van der Waals surface area (Å²) in [6, 6.07) is 0. The molecule has 0 bridgehead atoms. The van der Waals surface area contributed by atoms with E-state index in [0.29, 0.717) is 12.5 Å². The molecular weight excluding hydrogens is 240 g/mol. The molecule has 2 aliphatic rings. The van der Waals surface area contributed by atoms with Gasteiger partial charge in [-0.2, -0.15) is 0 Å². The molecule has 2 atom stereocenters. The summed E-state index contributed by atoms with van der Waals surface area (Å²) >= 11 is 0. The fourth-order valence-corrected chi connectivity index (χ4v) is 3.44. The summed E-state index contributed by atoms with van der Waals surface area (Å²) in [5, 5.41) is 13.6. The Morgan fingerprint density at radius 3 is 2.79 bits per heavy atom. The van der Waals surface area contributed by atoms with Crippen molar-refractivity contribution in [3.8, 4) is 0 Å². The predicted molar refractivity (Wildman–Crippen MR) is 75.9 cm³/mol. The van der Waals surface area contributed by atoms with Crippen LogP contribution in [0.15, 0.2) is 0 Å². The van der Waals surface area contributed by atoms with Gasteiger partial charge in [-0.15, -0.1) is 0 Å². The Kier molecular flexibility index (Phi) is 4.21. The highest BCUT2D eigenvalue weighted by Gasteiger charge is 2.42. The van der Waals surface area contributed by atoms with Gasteiger partial charge in [-0.05, 0) is 40.0 Å². The van der Waals surface area contributed by atoms with E-state index in [2.05, 4.69) is 10.2 Å². The highest BCUT2D eigenvalue weighted by atomic mass is 16.3. The number of nitrogens with zero attached hydrogens (tertiary/aromatic N) is 1. The molecule has 2 rings (SSSR count). The number of nitrogens with one attached hydrogen (secondary N) is 1. The number of likely N-dealkylation sites (tertiary alicyclic amines) is 1. The molecule has 1 aliphatic heterocycles. The number of piperidine rings is 1. The predicted octanol–water partition coefficient (Wildman–Crippen LogP) is 1.53. The smallest absolute Gasteiger partial charge is 0.234 e. The Morgan fingerprint density at radius 2 is 2.11 bits per heavy atom. The van der Waals surface area contributed by atoms with Gasteiger partial charge in [0.1, 0.15) is 0 Å². The third kappa shape index (κ3) is 3.93. The Hall–Kier alpha value is -0.610. The van der Waals surface area contributed by atoms with E-state index in [9.17, 15) is 9.90 Å². The van der Waals surface area contributed by atoms with Crippen molar-refractivity contribution in [3.05, 3.63) is 0 Å². The number of carbonyl (C=O) groups excluding carboxylic acids is 1. The zero-order valence-corrected chi connectivity index (χ0v) is 12.5. The van der Waals surface area contributed by atoms with Gasteiger partial charge in [0, 0.05) is 24.5 Å². The normalized spacial score (nSPS) is 32.7. The van der Waals surface area contributed by atoms with Crippen molar-refractivity contribution in [1.29, 1.82) is 0 Å². The van der Waals surface area contributed by atoms with E-state index >= 15 is 0 Å². The standard InChI is InChI=1S/C15H28N2O2/c1-14(2,3)16-13(18)11-17-9-8-15(19)7-5-4-6-12(15)10-17/h12,19H,4-11H2,1-3H3,(H,16,18). The topological polar surface area (TPSA) is 52.6 Å². The van der Waals surface area contributed by atoms with Gasteiger partial charge in [-0.25, -0.2) is 0 Å². The Labute approximate surface area is 116 Å². The molecular formula is C15H28N2O2. The number of hydrogen-bond acceptors (Lipinski definition) is 3. The molecule has 2 fully saturated rings. The summed E-state index contributed by atoms with van der Waals surface area (Å²) in [6.07, 6.45) is 5.24. The minimum absolute atomic E-state index is 0.0914. The summed E-state index contributed by atoms with van der Waals surface area (Å²) in [5.74, 6) is 0.450. The maximum absolute atomic E-state index is 12.0. The van der Waals surface area contributed by atoms with Crippen LogP contribution in [0, 0.1) is 5.92 Å². The Bertz CT molecular complexity index is 338. The van der Waals surface area contributed by atoms with Crippen molar-refractivity contribution in [2.24, 2.45) is 5.92 Å². The molecule has 0 aromatic rings. The first-order valence-corrected chi connectivity index (χ1v) is 7.54. The van der Waals surface area contributed by atoms with Crippen LogP contribution in [0.5, 0.6) is 0 Å². The third-order valence-corrected chi connectivity index (χ3v) is 4.39. The highest BCUT2D eigenvalue weighted by molar-refractivity contribution is 5.78. The number of hydrogen-bond donors (Lipinski definition) is 2. The van der Waals surface area contributed by atoms with Gasteiger partial charge in [0.15, 0.2) is 0 Å². The van der Waals surface area contributed by atoms with Gasteiger partial charge in [0.05, 0.1) is 12.1 Å². The van der Waals surface area contributed by atoms with E-state index in [1.807, 2.05) is 20.8 Å². The van der Waals surface area contributed by atoms with E-state index < -0.39 is 5.60 Å². The van der Waals surface area contributed by atoms with Crippen molar-refractivity contribution in [1.82, 2.24) is 10.2 Å². The minimum Gasteiger partial charge on any atom is -0.390 e. The molecule has 1 amide bonds. The first-order chi connectivity index (χ1) is 8.78. The number of rotatable bonds is 2. The van der Waals surface area contributed by atoms with Crippen molar-refractivity contribution < 1.29 is 9.90 Å². The number of fused-ring (bicyclic) bond motifs is 1. The molecule has 1 saturated carbocycles. The minimum atomic E-state index is -0.449. The van der Waals surface area contributed by atoms with Crippen molar-refractivity contribution >= 4 is 5.91 Å². The lowest BCUT2D eigenvalue weighted by Gasteiger charge is -2.47. The van der Waals surface area contributed by atoms with Gasteiger partial charge >= 0.3 is 0 Å². The second kappa shape index (κ2) is 5.41. The Balaban J connectivity index is 1.85. The summed E-state index contributed by atoms with van der Waals surface area (Å²) in [6.45, 7) is 8.17. The maximum Gasteiger partial charge on any atom is 0.234 e. The summed E-state index contributed by atoms with van der Waals surface area (Å²) < 4.78 is 0. The first-order valence-electron chi connectivity index (χ1n) is 7.54. The molecule has 2 N–H and O–H groups in total. The van der Waals surface area contributed by atoms with Crippen LogP contribution < -0.4 is 5.32 Å². The number of carbonyl (C=O) groups is 1. The second-order valence-electron chi connectivity index (χ2n) is 7.33. The largest absolute Gasteiger partial charge is 0.390 e. The van der Waals surface area contributed by atoms with Crippen LogP contribution in [0.3, 0.4) is 0 Å². The quantitative estimate of drug-likeness (QED) is 0.798. The molecule has 2 unspecified atom stereocenters. The fourth-order valence-electron chi connectivity index (χ4n) is 3.44. The van der Waals surface area contributed by atoms with Gasteiger partial charge in [0.2, 0.25) is 5.91 Å².